The molecule has 0 saturated heterocycles. The fraction of sp³-hybridized carbons (Fsp3) is 0.133. The SMILES string of the molecule is Cc1nc2ccccc2n1Cc1ccc(C(=O)NN)cn1. The van der Waals surface area contributed by atoms with Crippen molar-refractivity contribution >= 4 is 16.9 Å². The number of nitrogens with zero attached hydrogens (tertiary/aromatic N) is 3. The fourth-order valence-corrected chi connectivity index (χ4v) is 2.29. The Kier molecular flexibility index (Phi) is 3.37. The van der Waals surface area contributed by atoms with Crippen molar-refractivity contribution in [2.45, 2.75) is 13.5 Å². The van der Waals surface area contributed by atoms with Crippen molar-refractivity contribution in [1.82, 2.24) is 20.0 Å². The van der Waals surface area contributed by atoms with Gasteiger partial charge >= 0.3 is 0 Å². The van der Waals surface area contributed by atoms with Crippen molar-refractivity contribution < 1.29 is 4.79 Å². The first-order valence-corrected chi connectivity index (χ1v) is 6.57. The number of nitrogens with two attached hydrogens (primary N) is 1. The molecule has 0 aliphatic carbocycles. The van der Waals surface area contributed by atoms with Gasteiger partial charge in [-0.15, -0.1) is 0 Å². The molecule has 0 unspecified atom stereocenters. The number of carbonyl (C=O) groups is 1. The number of aryl methyl sites for hydroxylation is 1. The van der Waals surface area contributed by atoms with Crippen LogP contribution in [0.15, 0.2) is 42.6 Å². The van der Waals surface area contributed by atoms with E-state index < -0.39 is 0 Å². The van der Waals surface area contributed by atoms with Crippen molar-refractivity contribution in [2.24, 2.45) is 5.84 Å². The Bertz CT molecular complexity index is 791. The van der Waals surface area contributed by atoms with Crippen LogP contribution in [0.25, 0.3) is 11.0 Å². The first kappa shape index (κ1) is 13.3. The highest BCUT2D eigenvalue weighted by atomic mass is 16.2. The lowest BCUT2D eigenvalue weighted by atomic mass is 10.2. The summed E-state index contributed by atoms with van der Waals surface area (Å²) < 4.78 is 2.10. The minimum absolute atomic E-state index is 0.349. The van der Waals surface area contributed by atoms with Crippen LogP contribution in [0.2, 0.25) is 0 Å². The lowest BCUT2D eigenvalue weighted by molar-refractivity contribution is 0.0953. The maximum Gasteiger partial charge on any atom is 0.266 e. The molecule has 106 valence electrons. The maximum absolute atomic E-state index is 11.4. The van der Waals surface area contributed by atoms with Crippen LogP contribution in [0.5, 0.6) is 0 Å². The van der Waals surface area contributed by atoms with Gasteiger partial charge in [0.25, 0.3) is 5.91 Å². The zero-order valence-electron chi connectivity index (χ0n) is 11.6. The number of fused-ring (bicyclic) bond motifs is 1. The van der Waals surface area contributed by atoms with E-state index in [-0.39, 0.29) is 5.91 Å². The van der Waals surface area contributed by atoms with Gasteiger partial charge < -0.3 is 4.57 Å². The number of nitrogen functional groups attached to an aromatic ring is 1. The highest BCUT2D eigenvalue weighted by Crippen LogP contribution is 2.16. The molecule has 2 heterocycles. The normalized spacial score (nSPS) is 10.8. The van der Waals surface area contributed by atoms with Gasteiger partial charge in [0, 0.05) is 6.20 Å². The first-order chi connectivity index (χ1) is 10.2. The molecular weight excluding hydrogens is 266 g/mol. The van der Waals surface area contributed by atoms with Crippen LogP contribution < -0.4 is 11.3 Å². The van der Waals surface area contributed by atoms with Crippen molar-refractivity contribution in [3.05, 3.63) is 59.7 Å². The number of nitrogens with one attached hydrogen (secondary N) is 1. The number of para-hydroxylation sites is 2. The predicted octanol–water partition coefficient (Wildman–Crippen LogP) is 1.39. The summed E-state index contributed by atoms with van der Waals surface area (Å²) >= 11 is 0. The van der Waals surface area contributed by atoms with Crippen LogP contribution in [0, 0.1) is 6.92 Å². The molecule has 0 bridgehead atoms. The van der Waals surface area contributed by atoms with Crippen LogP contribution in [0.4, 0.5) is 0 Å². The number of hydrogen-bond donors (Lipinski definition) is 2. The molecule has 6 heteroatoms. The molecule has 2 aromatic heterocycles. The van der Waals surface area contributed by atoms with Gasteiger partial charge in [-0.1, -0.05) is 12.1 Å². The average molecular weight is 281 g/mol. The minimum Gasteiger partial charge on any atom is -0.322 e. The van der Waals surface area contributed by atoms with E-state index in [2.05, 4.69) is 20.0 Å². The Morgan fingerprint density at radius 2 is 2.10 bits per heavy atom. The number of benzene rings is 1. The molecule has 0 aliphatic rings. The third-order valence-electron chi connectivity index (χ3n) is 3.38. The number of aromatic nitrogens is 3. The van der Waals surface area contributed by atoms with Crippen LogP contribution in [-0.2, 0) is 6.54 Å². The number of imidazole rings is 1. The zero-order chi connectivity index (χ0) is 14.8. The molecular formula is C15H15N5O. The van der Waals surface area contributed by atoms with E-state index in [1.54, 1.807) is 6.07 Å². The van der Waals surface area contributed by atoms with Gasteiger partial charge in [0.1, 0.15) is 5.82 Å². The second-order valence-corrected chi connectivity index (χ2v) is 4.75. The molecule has 21 heavy (non-hydrogen) atoms. The van der Waals surface area contributed by atoms with Gasteiger partial charge in [0.15, 0.2) is 0 Å². The molecule has 0 spiro atoms. The number of carbonyl (C=O) groups excluding carboxylic acids is 1. The molecule has 0 aliphatic heterocycles. The smallest absolute Gasteiger partial charge is 0.266 e. The van der Waals surface area contributed by atoms with E-state index in [4.69, 9.17) is 5.84 Å². The molecule has 3 rings (SSSR count). The third-order valence-corrected chi connectivity index (χ3v) is 3.38. The summed E-state index contributed by atoms with van der Waals surface area (Å²) in [5.74, 6) is 5.68. The second kappa shape index (κ2) is 5.34. The molecule has 1 amide bonds. The Balaban J connectivity index is 1.92. The minimum atomic E-state index is -0.349. The molecule has 0 saturated carbocycles. The first-order valence-electron chi connectivity index (χ1n) is 6.57. The molecule has 6 nitrogen and oxygen atoms in total. The van der Waals surface area contributed by atoms with E-state index in [0.717, 1.165) is 22.6 Å². The summed E-state index contributed by atoms with van der Waals surface area (Å²) in [6, 6.07) is 11.5. The van der Waals surface area contributed by atoms with Gasteiger partial charge in [0.2, 0.25) is 0 Å². The Hall–Kier alpha value is -2.73. The monoisotopic (exact) mass is 281 g/mol. The van der Waals surface area contributed by atoms with Gasteiger partial charge in [-0.05, 0) is 31.2 Å². The summed E-state index contributed by atoms with van der Waals surface area (Å²) in [5, 5.41) is 0. The maximum atomic E-state index is 11.4. The fourth-order valence-electron chi connectivity index (χ4n) is 2.29. The topological polar surface area (TPSA) is 85.8 Å². The summed E-state index contributed by atoms with van der Waals surface area (Å²) in [4.78, 5) is 20.2. The van der Waals surface area contributed by atoms with E-state index in [9.17, 15) is 4.79 Å². The van der Waals surface area contributed by atoms with Crippen molar-refractivity contribution in [3.63, 3.8) is 0 Å². The van der Waals surface area contributed by atoms with E-state index in [0.29, 0.717) is 12.1 Å². The van der Waals surface area contributed by atoms with Gasteiger partial charge in [-0.2, -0.15) is 0 Å². The Morgan fingerprint density at radius 3 is 2.81 bits per heavy atom. The van der Waals surface area contributed by atoms with Gasteiger partial charge in [-0.25, -0.2) is 10.8 Å². The molecule has 0 radical (unpaired) electrons. The van der Waals surface area contributed by atoms with Gasteiger partial charge in [0.05, 0.1) is 28.8 Å². The Morgan fingerprint density at radius 1 is 1.29 bits per heavy atom. The number of amides is 1. The molecule has 3 aromatic rings. The van der Waals surface area contributed by atoms with Crippen LogP contribution in [0.3, 0.4) is 0 Å². The lowest BCUT2D eigenvalue weighted by Gasteiger charge is -2.07. The highest BCUT2D eigenvalue weighted by Gasteiger charge is 2.09. The van der Waals surface area contributed by atoms with Crippen LogP contribution in [-0.4, -0.2) is 20.4 Å². The largest absolute Gasteiger partial charge is 0.322 e. The third kappa shape index (κ3) is 2.48. The van der Waals surface area contributed by atoms with Crippen LogP contribution >= 0.6 is 0 Å². The van der Waals surface area contributed by atoms with Crippen LogP contribution in [0.1, 0.15) is 21.9 Å². The van der Waals surface area contributed by atoms with Crippen molar-refractivity contribution in [2.75, 3.05) is 0 Å². The van der Waals surface area contributed by atoms with E-state index in [1.807, 2.05) is 37.3 Å². The lowest BCUT2D eigenvalue weighted by Crippen LogP contribution is -2.30. The summed E-state index contributed by atoms with van der Waals surface area (Å²) in [6.45, 7) is 2.58. The van der Waals surface area contributed by atoms with Crippen molar-refractivity contribution in [3.8, 4) is 0 Å². The average Bonchev–Trinajstić information content (AvgIpc) is 2.83. The van der Waals surface area contributed by atoms with Gasteiger partial charge in [-0.3, -0.25) is 15.2 Å². The number of pyridine rings is 1. The molecule has 1 aromatic carbocycles. The summed E-state index contributed by atoms with van der Waals surface area (Å²) in [7, 11) is 0. The standard InChI is InChI=1S/C15H15N5O/c1-10-18-13-4-2-3-5-14(13)20(10)9-12-7-6-11(8-17-12)15(21)19-16/h2-8H,9,16H2,1H3,(H,19,21). The number of rotatable bonds is 3. The predicted molar refractivity (Wildman–Crippen MR) is 79.5 cm³/mol. The van der Waals surface area contributed by atoms with E-state index in [1.165, 1.54) is 6.20 Å². The van der Waals surface area contributed by atoms with E-state index >= 15 is 0 Å². The summed E-state index contributed by atoms with van der Waals surface area (Å²) in [6.07, 6.45) is 1.52. The number of hydrogen-bond acceptors (Lipinski definition) is 4. The highest BCUT2D eigenvalue weighted by molar-refractivity contribution is 5.93. The zero-order valence-corrected chi connectivity index (χ0v) is 11.6. The second-order valence-electron chi connectivity index (χ2n) is 4.75. The summed E-state index contributed by atoms with van der Waals surface area (Å²) in [5.41, 5.74) is 5.42. The molecule has 0 atom stereocenters. The Labute approximate surface area is 121 Å². The number of hydrazine groups is 1. The van der Waals surface area contributed by atoms with Crippen molar-refractivity contribution in [1.29, 1.82) is 0 Å². The molecule has 3 N–H and O–H groups in total. The molecule has 0 fully saturated rings. The quantitative estimate of drug-likeness (QED) is 0.431.